The van der Waals surface area contributed by atoms with Crippen molar-refractivity contribution in [2.24, 2.45) is 5.92 Å². The molecule has 0 N–H and O–H groups in total. The first-order valence-electron chi connectivity index (χ1n) is 6.07. The van der Waals surface area contributed by atoms with Crippen molar-refractivity contribution >= 4 is 19.7 Å². The van der Waals surface area contributed by atoms with Crippen LogP contribution in [-0.4, -0.2) is 40.6 Å². The van der Waals surface area contributed by atoms with Gasteiger partial charge in [0.1, 0.15) is 0 Å². The molecule has 0 radical (unpaired) electrons. The summed E-state index contributed by atoms with van der Waals surface area (Å²) in [7, 11) is 1.80. The third kappa shape index (κ3) is 12.4. The molecule has 0 saturated heterocycles. The van der Waals surface area contributed by atoms with Crippen LogP contribution in [-0.2, 0) is 18.5 Å². The van der Waals surface area contributed by atoms with Crippen LogP contribution in [0.15, 0.2) is 0 Å². The Morgan fingerprint density at radius 3 is 2.24 bits per heavy atom. The molecule has 4 nitrogen and oxygen atoms in total. The third-order valence-electron chi connectivity index (χ3n) is 2.21. The Morgan fingerprint density at radius 1 is 1.06 bits per heavy atom. The zero-order valence-electron chi connectivity index (χ0n) is 10.7. The van der Waals surface area contributed by atoms with Crippen LogP contribution in [0.2, 0.25) is 0 Å². The molecular weight excluding hydrogens is 264 g/mol. The molecule has 0 aliphatic heterocycles. The highest BCUT2D eigenvalue weighted by Crippen LogP contribution is 2.12. The predicted octanol–water partition coefficient (Wildman–Crippen LogP) is 2.41. The quantitative estimate of drug-likeness (QED) is 0.432. The molecule has 0 aliphatic rings. The minimum Gasteiger partial charge on any atom is -0.379 e. The Balaban J connectivity index is 3.70. The van der Waals surface area contributed by atoms with Crippen LogP contribution in [0, 0.1) is 5.92 Å². The summed E-state index contributed by atoms with van der Waals surface area (Å²) >= 11 is 0. The van der Waals surface area contributed by atoms with Crippen molar-refractivity contribution in [1.82, 2.24) is 0 Å². The molecule has 0 aliphatic carbocycles. The van der Waals surface area contributed by atoms with E-state index < -0.39 is 9.05 Å². The normalized spacial score (nSPS) is 13.8. The van der Waals surface area contributed by atoms with E-state index in [2.05, 4.69) is 0 Å². The summed E-state index contributed by atoms with van der Waals surface area (Å²) in [5.41, 5.74) is 0. The summed E-state index contributed by atoms with van der Waals surface area (Å²) in [4.78, 5) is 0. The predicted molar refractivity (Wildman–Crippen MR) is 70.0 cm³/mol. The lowest BCUT2D eigenvalue weighted by Gasteiger charge is -2.14. The lowest BCUT2D eigenvalue weighted by atomic mass is 10.1. The van der Waals surface area contributed by atoms with Crippen LogP contribution in [0.4, 0.5) is 0 Å². The van der Waals surface area contributed by atoms with E-state index in [0.717, 1.165) is 25.9 Å². The molecule has 0 bridgehead atoms. The van der Waals surface area contributed by atoms with Gasteiger partial charge in [0.25, 0.3) is 0 Å². The molecule has 0 aromatic carbocycles. The van der Waals surface area contributed by atoms with Gasteiger partial charge in [-0.2, -0.15) is 0 Å². The summed E-state index contributed by atoms with van der Waals surface area (Å²) in [6, 6.07) is 0. The lowest BCUT2D eigenvalue weighted by Crippen LogP contribution is -2.19. The second kappa shape index (κ2) is 10.1. The van der Waals surface area contributed by atoms with Gasteiger partial charge in [-0.1, -0.05) is 20.3 Å². The van der Waals surface area contributed by atoms with Crippen LogP contribution < -0.4 is 0 Å². The van der Waals surface area contributed by atoms with Crippen LogP contribution in [0.25, 0.3) is 0 Å². The maximum absolute atomic E-state index is 11.0. The van der Waals surface area contributed by atoms with E-state index in [1.807, 2.05) is 13.8 Å². The molecule has 0 fully saturated rings. The standard InChI is InChI=1S/C11H23ClO4S/c1-3-5-11(10-17(12,13)14)9-16-8-7-15-6-4-2/h11H,3-10H2,1-2H3. The molecule has 0 amide bonds. The molecule has 0 saturated carbocycles. The van der Waals surface area contributed by atoms with Gasteiger partial charge in [0.15, 0.2) is 0 Å². The minimum absolute atomic E-state index is 0.0157. The lowest BCUT2D eigenvalue weighted by molar-refractivity contribution is 0.0352. The Labute approximate surface area is 109 Å². The van der Waals surface area contributed by atoms with Crippen LogP contribution in [0.1, 0.15) is 33.1 Å². The fraction of sp³-hybridized carbons (Fsp3) is 1.00. The van der Waals surface area contributed by atoms with Crippen molar-refractivity contribution in [3.63, 3.8) is 0 Å². The Morgan fingerprint density at radius 2 is 1.71 bits per heavy atom. The van der Waals surface area contributed by atoms with Crippen molar-refractivity contribution in [2.75, 3.05) is 32.2 Å². The second-order valence-corrected chi connectivity index (χ2v) is 6.87. The van der Waals surface area contributed by atoms with Crippen LogP contribution >= 0.6 is 10.7 Å². The second-order valence-electron chi connectivity index (χ2n) is 4.05. The van der Waals surface area contributed by atoms with E-state index in [9.17, 15) is 8.42 Å². The fourth-order valence-corrected chi connectivity index (χ4v) is 2.88. The maximum Gasteiger partial charge on any atom is 0.232 e. The SMILES string of the molecule is CCCOCCOCC(CCC)CS(=O)(=O)Cl. The smallest absolute Gasteiger partial charge is 0.232 e. The van der Waals surface area contributed by atoms with Crippen molar-refractivity contribution in [3.8, 4) is 0 Å². The van der Waals surface area contributed by atoms with Gasteiger partial charge in [0.2, 0.25) is 9.05 Å². The van der Waals surface area contributed by atoms with Crippen molar-refractivity contribution in [2.45, 2.75) is 33.1 Å². The van der Waals surface area contributed by atoms with Crippen LogP contribution in [0.5, 0.6) is 0 Å². The molecule has 0 aromatic rings. The molecule has 0 spiro atoms. The average molecular weight is 287 g/mol. The number of hydrogen-bond acceptors (Lipinski definition) is 4. The first kappa shape index (κ1) is 17.2. The number of ether oxygens (including phenoxy) is 2. The van der Waals surface area contributed by atoms with Gasteiger partial charge in [0.05, 0.1) is 25.6 Å². The van der Waals surface area contributed by atoms with Gasteiger partial charge in [-0.15, -0.1) is 0 Å². The molecular formula is C11H23ClO4S. The monoisotopic (exact) mass is 286 g/mol. The van der Waals surface area contributed by atoms with Crippen molar-refractivity contribution in [1.29, 1.82) is 0 Å². The first-order valence-corrected chi connectivity index (χ1v) is 8.55. The summed E-state index contributed by atoms with van der Waals surface area (Å²) in [6.07, 6.45) is 2.72. The zero-order valence-corrected chi connectivity index (χ0v) is 12.2. The molecule has 104 valence electrons. The largest absolute Gasteiger partial charge is 0.379 e. The summed E-state index contributed by atoms with van der Waals surface area (Å²) in [5.74, 6) is -0.0354. The Bertz CT molecular complexity index is 267. The highest BCUT2D eigenvalue weighted by atomic mass is 35.7. The van der Waals surface area contributed by atoms with E-state index >= 15 is 0 Å². The van der Waals surface area contributed by atoms with Gasteiger partial charge >= 0.3 is 0 Å². The zero-order chi connectivity index (χ0) is 13.1. The highest BCUT2D eigenvalue weighted by Gasteiger charge is 2.16. The number of hydrogen-bond donors (Lipinski definition) is 0. The van der Waals surface area contributed by atoms with E-state index in [1.54, 1.807) is 0 Å². The fourth-order valence-electron chi connectivity index (χ4n) is 1.52. The molecule has 0 heterocycles. The van der Waals surface area contributed by atoms with E-state index in [4.69, 9.17) is 20.2 Å². The molecule has 1 unspecified atom stereocenters. The Kier molecular flexibility index (Phi) is 10.2. The Hall–Kier alpha value is 0.160. The topological polar surface area (TPSA) is 52.6 Å². The molecule has 1 atom stereocenters. The summed E-state index contributed by atoms with van der Waals surface area (Å²) in [5, 5.41) is 0. The summed E-state index contributed by atoms with van der Waals surface area (Å²) in [6.45, 7) is 6.28. The van der Waals surface area contributed by atoms with E-state index in [1.165, 1.54) is 0 Å². The van der Waals surface area contributed by atoms with Gasteiger partial charge in [-0.25, -0.2) is 8.42 Å². The minimum atomic E-state index is -3.44. The molecule has 0 aromatic heterocycles. The number of halogens is 1. The van der Waals surface area contributed by atoms with Gasteiger partial charge in [0, 0.05) is 17.3 Å². The van der Waals surface area contributed by atoms with Gasteiger partial charge in [-0.05, 0) is 18.8 Å². The molecule has 17 heavy (non-hydrogen) atoms. The third-order valence-corrected chi connectivity index (χ3v) is 3.45. The van der Waals surface area contributed by atoms with Gasteiger partial charge in [-0.3, -0.25) is 0 Å². The molecule has 0 rings (SSSR count). The van der Waals surface area contributed by atoms with Crippen molar-refractivity contribution < 1.29 is 17.9 Å². The van der Waals surface area contributed by atoms with E-state index in [-0.39, 0.29) is 11.7 Å². The maximum atomic E-state index is 11.0. The molecule has 6 heteroatoms. The number of rotatable bonds is 11. The van der Waals surface area contributed by atoms with Crippen molar-refractivity contribution in [3.05, 3.63) is 0 Å². The van der Waals surface area contributed by atoms with Gasteiger partial charge < -0.3 is 9.47 Å². The van der Waals surface area contributed by atoms with Crippen LogP contribution in [0.3, 0.4) is 0 Å². The first-order chi connectivity index (χ1) is 7.99. The van der Waals surface area contributed by atoms with E-state index in [0.29, 0.717) is 19.8 Å². The average Bonchev–Trinajstić information content (AvgIpc) is 2.21. The highest BCUT2D eigenvalue weighted by molar-refractivity contribution is 8.13. The summed E-state index contributed by atoms with van der Waals surface area (Å²) < 4.78 is 32.6.